The zero-order valence-electron chi connectivity index (χ0n) is 16.5. The number of rotatable bonds is 9. The predicted molar refractivity (Wildman–Crippen MR) is 102 cm³/mol. The molecule has 1 atom stereocenters. The Morgan fingerprint density at radius 1 is 0.897 bits per heavy atom. The van der Waals surface area contributed by atoms with Gasteiger partial charge in [-0.3, -0.25) is 4.90 Å². The van der Waals surface area contributed by atoms with Crippen LogP contribution in [-0.2, 0) is 12.7 Å². The molecule has 0 radical (unpaired) electrons. The Balaban J connectivity index is 2.01. The molecule has 0 heterocycles. The number of hydrogen-bond donors (Lipinski definition) is 1. The van der Waals surface area contributed by atoms with Crippen LogP contribution < -0.4 is 0 Å². The highest BCUT2D eigenvalue weighted by atomic mass is 19.4. The van der Waals surface area contributed by atoms with Gasteiger partial charge < -0.3 is 5.11 Å². The highest BCUT2D eigenvalue weighted by Gasteiger charge is 2.30. The fourth-order valence-electron chi connectivity index (χ4n) is 2.97. The summed E-state index contributed by atoms with van der Waals surface area (Å²) in [6, 6.07) is 8.23. The van der Waals surface area contributed by atoms with Gasteiger partial charge in [0.2, 0.25) is 0 Å². The van der Waals surface area contributed by atoms with Gasteiger partial charge in [-0.1, -0.05) is 32.0 Å². The van der Waals surface area contributed by atoms with E-state index in [2.05, 4.69) is 13.8 Å². The molecule has 7 heteroatoms. The van der Waals surface area contributed by atoms with E-state index in [4.69, 9.17) is 0 Å². The van der Waals surface area contributed by atoms with Gasteiger partial charge >= 0.3 is 6.18 Å². The van der Waals surface area contributed by atoms with E-state index in [0.717, 1.165) is 30.7 Å². The molecule has 2 aromatic rings. The summed E-state index contributed by atoms with van der Waals surface area (Å²) < 4.78 is 64.6. The van der Waals surface area contributed by atoms with E-state index >= 15 is 0 Å². The summed E-state index contributed by atoms with van der Waals surface area (Å²) in [6.07, 6.45) is -4.13. The second-order valence-electron chi connectivity index (χ2n) is 7.63. The standard InChI is InChI=1S/C22H26F5NO/c1-15(2)9-11-28(14-16-3-8-19(23)20(24)13-16)12-10-21(29)17-4-6-18(7-5-17)22(25,26)27/h3-8,13,15,21,29H,9-12,14H2,1-2H3. The smallest absolute Gasteiger partial charge is 0.388 e. The minimum Gasteiger partial charge on any atom is -0.388 e. The SMILES string of the molecule is CC(C)CCN(CCC(O)c1ccc(C(F)(F)F)cc1)Cc1ccc(F)c(F)c1. The van der Waals surface area contributed by atoms with Crippen molar-refractivity contribution in [3.63, 3.8) is 0 Å². The highest BCUT2D eigenvalue weighted by Crippen LogP contribution is 2.30. The summed E-state index contributed by atoms with van der Waals surface area (Å²) in [5.41, 5.74) is 0.275. The van der Waals surface area contributed by atoms with Crippen molar-refractivity contribution in [1.82, 2.24) is 4.90 Å². The number of hydrogen-bond acceptors (Lipinski definition) is 2. The number of nitrogens with zero attached hydrogens (tertiary/aromatic N) is 1. The zero-order chi connectivity index (χ0) is 21.6. The molecular formula is C22H26F5NO. The van der Waals surface area contributed by atoms with Crippen molar-refractivity contribution in [2.24, 2.45) is 5.92 Å². The van der Waals surface area contributed by atoms with E-state index in [0.29, 0.717) is 43.1 Å². The van der Waals surface area contributed by atoms with Crippen LogP contribution in [0.25, 0.3) is 0 Å². The molecule has 0 saturated carbocycles. The lowest BCUT2D eigenvalue weighted by Gasteiger charge is -2.25. The largest absolute Gasteiger partial charge is 0.416 e. The van der Waals surface area contributed by atoms with Crippen LogP contribution in [0.1, 0.15) is 49.5 Å². The van der Waals surface area contributed by atoms with E-state index in [9.17, 15) is 27.1 Å². The van der Waals surface area contributed by atoms with Crippen LogP contribution >= 0.6 is 0 Å². The fraction of sp³-hybridized carbons (Fsp3) is 0.455. The number of aliphatic hydroxyl groups is 1. The predicted octanol–water partition coefficient (Wildman–Crippen LogP) is 5.96. The maximum absolute atomic E-state index is 13.5. The lowest BCUT2D eigenvalue weighted by Crippen LogP contribution is -2.27. The fourth-order valence-corrected chi connectivity index (χ4v) is 2.97. The van der Waals surface area contributed by atoms with Crippen LogP contribution in [0.5, 0.6) is 0 Å². The molecule has 0 amide bonds. The molecule has 2 nitrogen and oxygen atoms in total. The van der Waals surface area contributed by atoms with E-state index in [-0.39, 0.29) is 0 Å². The normalized spacial score (nSPS) is 13.3. The van der Waals surface area contributed by atoms with Gasteiger partial charge in [0.15, 0.2) is 11.6 Å². The molecule has 1 unspecified atom stereocenters. The first-order valence-corrected chi connectivity index (χ1v) is 9.57. The van der Waals surface area contributed by atoms with Crippen molar-refractivity contribution < 1.29 is 27.1 Å². The average molecular weight is 415 g/mol. The molecule has 0 bridgehead atoms. The highest BCUT2D eigenvalue weighted by molar-refractivity contribution is 5.26. The Hall–Kier alpha value is -1.99. The number of halogens is 5. The molecule has 0 fully saturated rings. The molecule has 0 saturated heterocycles. The van der Waals surface area contributed by atoms with E-state index in [1.54, 1.807) is 0 Å². The van der Waals surface area contributed by atoms with Crippen molar-refractivity contribution >= 4 is 0 Å². The first kappa shape index (κ1) is 23.3. The van der Waals surface area contributed by atoms with Crippen molar-refractivity contribution in [1.29, 1.82) is 0 Å². The lowest BCUT2D eigenvalue weighted by molar-refractivity contribution is -0.137. The van der Waals surface area contributed by atoms with Crippen molar-refractivity contribution in [3.05, 3.63) is 70.8 Å². The minimum absolute atomic E-state index is 0.313. The summed E-state index contributed by atoms with van der Waals surface area (Å²) in [6.45, 7) is 5.72. The van der Waals surface area contributed by atoms with Crippen LogP contribution in [-0.4, -0.2) is 23.1 Å². The first-order valence-electron chi connectivity index (χ1n) is 9.57. The Kier molecular flexibility index (Phi) is 8.16. The Morgan fingerprint density at radius 3 is 2.07 bits per heavy atom. The molecular weight excluding hydrogens is 389 g/mol. The van der Waals surface area contributed by atoms with Gasteiger partial charge in [-0.2, -0.15) is 13.2 Å². The molecule has 2 aromatic carbocycles. The quantitative estimate of drug-likeness (QED) is 0.511. The van der Waals surface area contributed by atoms with Crippen LogP contribution in [0, 0.1) is 17.6 Å². The summed E-state index contributed by atoms with van der Waals surface area (Å²) in [5, 5.41) is 10.4. The Bertz CT molecular complexity index is 774. The molecule has 0 aromatic heterocycles. The molecule has 0 aliphatic rings. The third kappa shape index (κ3) is 7.40. The van der Waals surface area contributed by atoms with Crippen LogP contribution in [0.2, 0.25) is 0 Å². The van der Waals surface area contributed by atoms with Gasteiger partial charge in [0.05, 0.1) is 11.7 Å². The molecule has 1 N–H and O–H groups in total. The van der Waals surface area contributed by atoms with Crippen molar-refractivity contribution in [3.8, 4) is 0 Å². The lowest BCUT2D eigenvalue weighted by atomic mass is 10.0. The van der Waals surface area contributed by atoms with E-state index in [1.807, 2.05) is 4.90 Å². The summed E-state index contributed by atoms with van der Waals surface area (Å²) in [5.74, 6) is -1.36. The van der Waals surface area contributed by atoms with Crippen LogP contribution in [0.4, 0.5) is 22.0 Å². The Morgan fingerprint density at radius 2 is 1.52 bits per heavy atom. The zero-order valence-corrected chi connectivity index (χ0v) is 16.5. The van der Waals surface area contributed by atoms with Crippen molar-refractivity contribution in [2.45, 2.75) is 45.5 Å². The van der Waals surface area contributed by atoms with Gasteiger partial charge in [0.25, 0.3) is 0 Å². The first-order chi connectivity index (χ1) is 13.6. The van der Waals surface area contributed by atoms with Gasteiger partial charge in [-0.15, -0.1) is 0 Å². The molecule has 0 aliphatic heterocycles. The number of benzene rings is 2. The van der Waals surface area contributed by atoms with Gasteiger partial charge in [-0.05, 0) is 60.7 Å². The van der Waals surface area contributed by atoms with Crippen LogP contribution in [0.3, 0.4) is 0 Å². The third-order valence-electron chi connectivity index (χ3n) is 4.75. The second-order valence-corrected chi connectivity index (χ2v) is 7.63. The third-order valence-corrected chi connectivity index (χ3v) is 4.75. The van der Waals surface area contributed by atoms with Crippen molar-refractivity contribution in [2.75, 3.05) is 13.1 Å². The average Bonchev–Trinajstić information content (AvgIpc) is 2.65. The van der Waals surface area contributed by atoms with E-state index < -0.39 is 29.5 Å². The molecule has 160 valence electrons. The van der Waals surface area contributed by atoms with Gasteiger partial charge in [0, 0.05) is 13.1 Å². The number of alkyl halides is 3. The molecule has 0 aliphatic carbocycles. The maximum Gasteiger partial charge on any atom is 0.416 e. The second kappa shape index (κ2) is 10.2. The summed E-state index contributed by atoms with van der Waals surface area (Å²) in [4.78, 5) is 2.03. The van der Waals surface area contributed by atoms with E-state index in [1.165, 1.54) is 18.2 Å². The minimum atomic E-state index is -4.42. The van der Waals surface area contributed by atoms with Crippen LogP contribution in [0.15, 0.2) is 42.5 Å². The monoisotopic (exact) mass is 415 g/mol. The summed E-state index contributed by atoms with van der Waals surface area (Å²) in [7, 11) is 0. The summed E-state index contributed by atoms with van der Waals surface area (Å²) >= 11 is 0. The molecule has 2 rings (SSSR count). The number of aliphatic hydroxyl groups excluding tert-OH is 1. The topological polar surface area (TPSA) is 23.5 Å². The van der Waals surface area contributed by atoms with Gasteiger partial charge in [0.1, 0.15) is 0 Å². The Labute approximate surface area is 168 Å². The van der Waals surface area contributed by atoms with Gasteiger partial charge in [-0.25, -0.2) is 8.78 Å². The molecule has 0 spiro atoms. The maximum atomic E-state index is 13.5. The molecule has 29 heavy (non-hydrogen) atoms.